The van der Waals surface area contributed by atoms with Crippen LogP contribution in [-0.2, 0) is 4.79 Å². The van der Waals surface area contributed by atoms with Gasteiger partial charge in [-0.1, -0.05) is 12.1 Å². The van der Waals surface area contributed by atoms with E-state index >= 15 is 0 Å². The molecule has 1 aliphatic heterocycles. The van der Waals surface area contributed by atoms with Gasteiger partial charge in [-0.2, -0.15) is 0 Å². The van der Waals surface area contributed by atoms with Crippen LogP contribution in [0.5, 0.6) is 0 Å². The number of pyridine rings is 1. The molecule has 9 heteroatoms. The van der Waals surface area contributed by atoms with Gasteiger partial charge in [0.1, 0.15) is 5.82 Å². The molecule has 0 bridgehead atoms. The van der Waals surface area contributed by atoms with Gasteiger partial charge in [-0.15, -0.1) is 11.3 Å². The van der Waals surface area contributed by atoms with Crippen molar-refractivity contribution in [1.82, 2.24) is 25.2 Å². The lowest BCUT2D eigenvalue weighted by Gasteiger charge is -2.32. The van der Waals surface area contributed by atoms with Crippen molar-refractivity contribution in [2.24, 2.45) is 0 Å². The fourth-order valence-corrected chi connectivity index (χ4v) is 4.26. The van der Waals surface area contributed by atoms with Crippen LogP contribution in [0.4, 0.5) is 5.82 Å². The normalized spacial score (nSPS) is 14.9. The Kier molecular flexibility index (Phi) is 6.63. The van der Waals surface area contributed by atoms with Crippen molar-refractivity contribution in [3.63, 3.8) is 0 Å². The summed E-state index contributed by atoms with van der Waals surface area (Å²) >= 11 is 1.55. The highest BCUT2D eigenvalue weighted by atomic mass is 32.1. The fourth-order valence-electron chi connectivity index (χ4n) is 3.60. The molecule has 0 atom stereocenters. The van der Waals surface area contributed by atoms with E-state index in [4.69, 9.17) is 5.41 Å². The zero-order valence-corrected chi connectivity index (χ0v) is 18.2. The molecule has 4 heterocycles. The lowest BCUT2D eigenvalue weighted by molar-refractivity contribution is -0.117. The number of amides is 1. The molecule has 0 aliphatic carbocycles. The van der Waals surface area contributed by atoms with E-state index in [0.717, 1.165) is 36.5 Å². The number of carbonyl (C=O) groups excluding carboxylic acids is 1. The quantitative estimate of drug-likeness (QED) is 0.405. The average molecular weight is 436 g/mol. The van der Waals surface area contributed by atoms with Gasteiger partial charge in [0, 0.05) is 31.4 Å². The molecule has 0 radical (unpaired) electrons. The molecule has 0 aromatic carbocycles. The zero-order chi connectivity index (χ0) is 21.6. The Bertz CT molecular complexity index is 1030. The monoisotopic (exact) mass is 435 g/mol. The molecule has 1 amide bonds. The van der Waals surface area contributed by atoms with E-state index in [0.29, 0.717) is 35.8 Å². The molecule has 0 spiro atoms. The Morgan fingerprint density at radius 2 is 2.03 bits per heavy atom. The van der Waals surface area contributed by atoms with Gasteiger partial charge in [-0.25, -0.2) is 9.97 Å². The van der Waals surface area contributed by atoms with Crippen LogP contribution < -0.4 is 10.6 Å². The number of carbonyl (C=O) groups is 1. The van der Waals surface area contributed by atoms with Crippen LogP contribution in [-0.4, -0.2) is 57.3 Å². The molecule has 160 valence electrons. The van der Waals surface area contributed by atoms with Crippen LogP contribution in [0, 0.1) is 5.41 Å². The number of rotatable bonds is 6. The number of nitrogens with one attached hydrogen (secondary N) is 3. The van der Waals surface area contributed by atoms with Gasteiger partial charge in [0.05, 0.1) is 28.6 Å². The Hall–Kier alpha value is -3.17. The minimum Gasteiger partial charge on any atom is -0.371 e. The average Bonchev–Trinajstić information content (AvgIpc) is 3.30. The summed E-state index contributed by atoms with van der Waals surface area (Å²) in [7, 11) is 0. The minimum atomic E-state index is -0.0996. The number of nitrogens with zero attached hydrogens (tertiary/aromatic N) is 4. The highest BCUT2D eigenvalue weighted by Crippen LogP contribution is 2.26. The summed E-state index contributed by atoms with van der Waals surface area (Å²) < 4.78 is 0. The summed E-state index contributed by atoms with van der Waals surface area (Å²) in [6, 6.07) is 11.6. The SMILES string of the molecule is CC(=N)NC1CCN(CC(=O)Nc2cc(-c3ccccn3)nc(-c3cccs3)n2)CC1. The van der Waals surface area contributed by atoms with E-state index in [1.54, 1.807) is 30.5 Å². The predicted molar refractivity (Wildman–Crippen MR) is 123 cm³/mol. The number of piperidine rings is 1. The highest BCUT2D eigenvalue weighted by molar-refractivity contribution is 7.13. The van der Waals surface area contributed by atoms with Gasteiger partial charge in [0.2, 0.25) is 5.91 Å². The molecular weight excluding hydrogens is 410 g/mol. The van der Waals surface area contributed by atoms with Crippen molar-refractivity contribution < 1.29 is 4.79 Å². The summed E-state index contributed by atoms with van der Waals surface area (Å²) in [6.07, 6.45) is 3.56. The molecule has 1 fully saturated rings. The number of likely N-dealkylation sites (tertiary alicyclic amines) is 1. The minimum absolute atomic E-state index is 0.0996. The lowest BCUT2D eigenvalue weighted by atomic mass is 10.1. The fraction of sp³-hybridized carbons (Fsp3) is 0.318. The first kappa shape index (κ1) is 21.1. The van der Waals surface area contributed by atoms with Crippen LogP contribution in [0.2, 0.25) is 0 Å². The van der Waals surface area contributed by atoms with Crippen molar-refractivity contribution >= 4 is 28.9 Å². The molecule has 0 saturated carbocycles. The largest absolute Gasteiger partial charge is 0.371 e. The second kappa shape index (κ2) is 9.76. The van der Waals surface area contributed by atoms with E-state index in [1.807, 2.05) is 35.7 Å². The topological polar surface area (TPSA) is 107 Å². The van der Waals surface area contributed by atoms with Crippen molar-refractivity contribution in [2.75, 3.05) is 25.0 Å². The predicted octanol–water partition coefficient (Wildman–Crippen LogP) is 3.26. The van der Waals surface area contributed by atoms with Crippen LogP contribution in [0.15, 0.2) is 48.0 Å². The third-order valence-electron chi connectivity index (χ3n) is 5.04. The molecule has 31 heavy (non-hydrogen) atoms. The van der Waals surface area contributed by atoms with Gasteiger partial charge in [-0.05, 0) is 43.3 Å². The molecule has 4 rings (SSSR count). The number of amidine groups is 1. The first-order valence-electron chi connectivity index (χ1n) is 10.2. The van der Waals surface area contributed by atoms with E-state index in [9.17, 15) is 4.79 Å². The molecular formula is C22H25N7OS. The Morgan fingerprint density at radius 3 is 2.71 bits per heavy atom. The van der Waals surface area contributed by atoms with Crippen molar-refractivity contribution in [1.29, 1.82) is 5.41 Å². The van der Waals surface area contributed by atoms with Gasteiger partial charge in [0.15, 0.2) is 5.82 Å². The Morgan fingerprint density at radius 1 is 1.19 bits per heavy atom. The maximum absolute atomic E-state index is 12.7. The smallest absolute Gasteiger partial charge is 0.239 e. The Balaban J connectivity index is 1.46. The van der Waals surface area contributed by atoms with Crippen molar-refractivity contribution in [3.05, 3.63) is 48.0 Å². The van der Waals surface area contributed by atoms with Gasteiger partial charge in [-0.3, -0.25) is 20.1 Å². The summed E-state index contributed by atoms with van der Waals surface area (Å²) in [4.78, 5) is 29.4. The Labute approximate surface area is 185 Å². The molecule has 1 saturated heterocycles. The summed E-state index contributed by atoms with van der Waals surface area (Å²) in [5.41, 5.74) is 1.40. The molecule has 3 N–H and O–H groups in total. The number of aromatic nitrogens is 3. The third kappa shape index (κ3) is 5.71. The van der Waals surface area contributed by atoms with E-state index in [-0.39, 0.29) is 5.91 Å². The number of anilines is 1. The summed E-state index contributed by atoms with van der Waals surface area (Å²) in [5.74, 6) is 1.44. The maximum atomic E-state index is 12.7. The molecule has 8 nitrogen and oxygen atoms in total. The number of hydrogen-bond donors (Lipinski definition) is 3. The third-order valence-corrected chi connectivity index (χ3v) is 5.90. The standard InChI is InChI=1S/C22H25N7OS/c1-15(23)25-16-7-10-29(11-8-16)14-21(30)27-20-13-18(17-5-2-3-9-24-17)26-22(28-20)19-6-4-12-31-19/h2-6,9,12-13,16H,7-8,10-11,14H2,1H3,(H2,23,25)(H,26,27,28,30). The molecule has 0 unspecified atom stereocenters. The van der Waals surface area contributed by atoms with E-state index in [2.05, 4.69) is 30.5 Å². The van der Waals surface area contributed by atoms with Crippen LogP contribution >= 0.6 is 11.3 Å². The molecule has 3 aromatic heterocycles. The maximum Gasteiger partial charge on any atom is 0.239 e. The molecule has 3 aromatic rings. The second-order valence-electron chi connectivity index (χ2n) is 7.52. The second-order valence-corrected chi connectivity index (χ2v) is 8.47. The summed E-state index contributed by atoms with van der Waals surface area (Å²) in [6.45, 7) is 3.71. The first-order chi connectivity index (χ1) is 15.1. The zero-order valence-electron chi connectivity index (χ0n) is 17.3. The van der Waals surface area contributed by atoms with Crippen molar-refractivity contribution in [2.45, 2.75) is 25.8 Å². The number of thiophene rings is 1. The lowest BCUT2D eigenvalue weighted by Crippen LogP contribution is -2.46. The van der Waals surface area contributed by atoms with E-state index < -0.39 is 0 Å². The summed E-state index contributed by atoms with van der Waals surface area (Å²) in [5, 5.41) is 15.6. The van der Waals surface area contributed by atoms with Crippen LogP contribution in [0.1, 0.15) is 19.8 Å². The van der Waals surface area contributed by atoms with Crippen LogP contribution in [0.3, 0.4) is 0 Å². The van der Waals surface area contributed by atoms with Gasteiger partial charge in [0.25, 0.3) is 0 Å². The number of hydrogen-bond acceptors (Lipinski definition) is 7. The van der Waals surface area contributed by atoms with Crippen molar-refractivity contribution in [3.8, 4) is 22.1 Å². The van der Waals surface area contributed by atoms with Crippen LogP contribution in [0.25, 0.3) is 22.1 Å². The highest BCUT2D eigenvalue weighted by Gasteiger charge is 2.21. The first-order valence-corrected chi connectivity index (χ1v) is 11.1. The van der Waals surface area contributed by atoms with Gasteiger partial charge < -0.3 is 10.6 Å². The molecule has 1 aliphatic rings. The van der Waals surface area contributed by atoms with E-state index in [1.165, 1.54) is 0 Å². The van der Waals surface area contributed by atoms with Gasteiger partial charge >= 0.3 is 0 Å².